The minimum Gasteiger partial charge on any atom is -0.352 e. The van der Waals surface area contributed by atoms with Crippen molar-refractivity contribution in [3.63, 3.8) is 0 Å². The summed E-state index contributed by atoms with van der Waals surface area (Å²) >= 11 is 4.30. The zero-order valence-corrected chi connectivity index (χ0v) is 13.2. The van der Waals surface area contributed by atoms with Crippen LogP contribution in [0.2, 0.25) is 0 Å². The van der Waals surface area contributed by atoms with Gasteiger partial charge in [0, 0.05) is 17.0 Å². The summed E-state index contributed by atoms with van der Waals surface area (Å²) < 4.78 is 0. The molecular weight excluding hydrogens is 268 g/mol. The Morgan fingerprint density at radius 1 is 1.40 bits per heavy atom. The normalized spacial score (nSPS) is 17.1. The lowest BCUT2D eigenvalue weighted by Gasteiger charge is -2.31. The highest BCUT2D eigenvalue weighted by molar-refractivity contribution is 7.80. The van der Waals surface area contributed by atoms with Crippen LogP contribution in [0.25, 0.3) is 0 Å². The summed E-state index contributed by atoms with van der Waals surface area (Å²) in [5, 5.41) is 3.08. The lowest BCUT2D eigenvalue weighted by Crippen LogP contribution is -2.38. The molecule has 0 radical (unpaired) electrons. The van der Waals surface area contributed by atoms with E-state index in [1.807, 2.05) is 25.1 Å². The molecule has 0 bridgehead atoms. The summed E-state index contributed by atoms with van der Waals surface area (Å²) in [7, 11) is 0. The van der Waals surface area contributed by atoms with Gasteiger partial charge in [-0.05, 0) is 63.0 Å². The molecule has 1 heterocycles. The monoisotopic (exact) mass is 292 g/mol. The van der Waals surface area contributed by atoms with Crippen molar-refractivity contribution < 1.29 is 4.79 Å². The predicted octanol–water partition coefficient (Wildman–Crippen LogP) is 2.75. The minimum absolute atomic E-state index is 0.0244. The van der Waals surface area contributed by atoms with Crippen LogP contribution in [-0.4, -0.2) is 37.0 Å². The van der Waals surface area contributed by atoms with Crippen LogP contribution in [0, 0.1) is 12.8 Å². The van der Waals surface area contributed by atoms with Gasteiger partial charge < -0.3 is 10.2 Å². The summed E-state index contributed by atoms with van der Waals surface area (Å²) in [5.74, 6) is 0.637. The second kappa shape index (κ2) is 7.14. The molecule has 0 saturated carbocycles. The summed E-state index contributed by atoms with van der Waals surface area (Å²) in [6.07, 6.45) is 2.36. The average molecular weight is 292 g/mol. The van der Waals surface area contributed by atoms with Gasteiger partial charge in [-0.25, -0.2) is 0 Å². The van der Waals surface area contributed by atoms with Crippen LogP contribution in [0.15, 0.2) is 23.1 Å². The first kappa shape index (κ1) is 15.4. The summed E-state index contributed by atoms with van der Waals surface area (Å²) in [6.45, 7) is 8.39. The maximum Gasteiger partial charge on any atom is 0.251 e. The van der Waals surface area contributed by atoms with Gasteiger partial charge in [-0.1, -0.05) is 13.0 Å². The molecular formula is C16H24N2OS. The third-order valence-electron chi connectivity index (χ3n) is 4.17. The van der Waals surface area contributed by atoms with E-state index in [0.717, 1.165) is 42.2 Å². The fourth-order valence-electron chi connectivity index (χ4n) is 2.69. The van der Waals surface area contributed by atoms with Gasteiger partial charge in [-0.3, -0.25) is 4.79 Å². The van der Waals surface area contributed by atoms with Crippen molar-refractivity contribution in [1.29, 1.82) is 0 Å². The van der Waals surface area contributed by atoms with Crippen molar-refractivity contribution in [3.8, 4) is 0 Å². The topological polar surface area (TPSA) is 32.3 Å². The Morgan fingerprint density at radius 3 is 2.75 bits per heavy atom. The fraction of sp³-hybridized carbons (Fsp3) is 0.562. The van der Waals surface area contributed by atoms with E-state index in [-0.39, 0.29) is 5.91 Å². The molecule has 1 aliphatic rings. The molecule has 1 aliphatic heterocycles. The van der Waals surface area contributed by atoms with Gasteiger partial charge in [0.15, 0.2) is 0 Å². The van der Waals surface area contributed by atoms with E-state index in [1.165, 1.54) is 12.8 Å². The fourth-order valence-corrected chi connectivity index (χ4v) is 2.90. The summed E-state index contributed by atoms with van der Waals surface area (Å²) in [4.78, 5) is 15.5. The van der Waals surface area contributed by atoms with Crippen LogP contribution in [0.5, 0.6) is 0 Å². The molecule has 3 nitrogen and oxygen atoms in total. The van der Waals surface area contributed by atoms with E-state index >= 15 is 0 Å². The van der Waals surface area contributed by atoms with Crippen LogP contribution in [0.3, 0.4) is 0 Å². The second-order valence-corrected chi connectivity index (χ2v) is 6.10. The van der Waals surface area contributed by atoms with Gasteiger partial charge in [0.1, 0.15) is 0 Å². The Labute approximate surface area is 127 Å². The molecule has 4 heteroatoms. The number of hydrogen-bond donors (Lipinski definition) is 2. The van der Waals surface area contributed by atoms with Crippen molar-refractivity contribution in [2.75, 3.05) is 26.2 Å². The number of piperidine rings is 1. The van der Waals surface area contributed by atoms with Gasteiger partial charge in [0.25, 0.3) is 5.91 Å². The number of nitrogens with zero attached hydrogens (tertiary/aromatic N) is 1. The average Bonchev–Trinajstić information content (AvgIpc) is 2.47. The number of thiol groups is 1. The highest BCUT2D eigenvalue weighted by Crippen LogP contribution is 2.17. The van der Waals surface area contributed by atoms with Crippen molar-refractivity contribution in [2.24, 2.45) is 5.92 Å². The molecule has 0 atom stereocenters. The standard InChI is InChI=1S/C16H24N2OS/c1-3-18-8-6-13(7-9-18)11-17-16(19)15-10-14(20)5-4-12(15)2/h4-5,10,13,20H,3,6-9,11H2,1-2H3,(H,17,19). The maximum atomic E-state index is 12.2. The molecule has 0 aliphatic carbocycles. The molecule has 1 saturated heterocycles. The van der Waals surface area contributed by atoms with Gasteiger partial charge in [0.2, 0.25) is 0 Å². The van der Waals surface area contributed by atoms with Crippen LogP contribution in [-0.2, 0) is 0 Å². The zero-order valence-electron chi connectivity index (χ0n) is 12.4. The lowest BCUT2D eigenvalue weighted by atomic mass is 9.96. The molecule has 1 aromatic carbocycles. The van der Waals surface area contributed by atoms with Crippen LogP contribution < -0.4 is 5.32 Å². The molecule has 2 rings (SSSR count). The second-order valence-electron chi connectivity index (χ2n) is 5.59. The number of nitrogens with one attached hydrogen (secondary N) is 1. The van der Waals surface area contributed by atoms with E-state index in [1.54, 1.807) is 0 Å². The SMILES string of the molecule is CCN1CCC(CNC(=O)c2cc(S)ccc2C)CC1. The Kier molecular flexibility index (Phi) is 5.49. The number of benzene rings is 1. The molecule has 0 aromatic heterocycles. The molecule has 1 fully saturated rings. The first-order valence-corrected chi connectivity index (χ1v) is 7.85. The molecule has 1 aromatic rings. The lowest BCUT2D eigenvalue weighted by molar-refractivity contribution is 0.0936. The van der Waals surface area contributed by atoms with Crippen LogP contribution >= 0.6 is 12.6 Å². The first-order valence-electron chi connectivity index (χ1n) is 7.40. The van der Waals surface area contributed by atoms with Gasteiger partial charge in [-0.2, -0.15) is 0 Å². The number of likely N-dealkylation sites (tertiary alicyclic amines) is 1. The summed E-state index contributed by atoms with van der Waals surface area (Å²) in [5.41, 5.74) is 1.74. The quantitative estimate of drug-likeness (QED) is 0.836. The number of rotatable bonds is 4. The largest absolute Gasteiger partial charge is 0.352 e. The smallest absolute Gasteiger partial charge is 0.251 e. The Morgan fingerprint density at radius 2 is 2.10 bits per heavy atom. The highest BCUT2D eigenvalue weighted by atomic mass is 32.1. The van der Waals surface area contributed by atoms with Crippen molar-refractivity contribution in [3.05, 3.63) is 29.3 Å². The Hall–Kier alpha value is -1.00. The predicted molar refractivity (Wildman–Crippen MR) is 85.6 cm³/mol. The maximum absolute atomic E-state index is 12.2. The van der Waals surface area contributed by atoms with E-state index in [4.69, 9.17) is 0 Å². The van der Waals surface area contributed by atoms with Crippen molar-refractivity contribution in [2.45, 2.75) is 31.6 Å². The van der Waals surface area contributed by atoms with Crippen LogP contribution in [0.4, 0.5) is 0 Å². The van der Waals surface area contributed by atoms with E-state index in [2.05, 4.69) is 29.8 Å². The number of carbonyl (C=O) groups is 1. The first-order chi connectivity index (χ1) is 9.60. The molecule has 0 unspecified atom stereocenters. The zero-order chi connectivity index (χ0) is 14.5. The number of aryl methyl sites for hydroxylation is 1. The van der Waals surface area contributed by atoms with Crippen molar-refractivity contribution in [1.82, 2.24) is 10.2 Å². The molecule has 1 N–H and O–H groups in total. The molecule has 1 amide bonds. The van der Waals surface area contributed by atoms with E-state index < -0.39 is 0 Å². The Balaban J connectivity index is 1.85. The summed E-state index contributed by atoms with van der Waals surface area (Å²) in [6, 6.07) is 5.69. The van der Waals surface area contributed by atoms with E-state index in [0.29, 0.717) is 5.92 Å². The van der Waals surface area contributed by atoms with Gasteiger partial charge in [0.05, 0.1) is 0 Å². The molecule has 110 valence electrons. The number of hydrogen-bond acceptors (Lipinski definition) is 3. The third kappa shape index (κ3) is 4.00. The molecule has 0 spiro atoms. The molecule has 20 heavy (non-hydrogen) atoms. The van der Waals surface area contributed by atoms with Crippen LogP contribution in [0.1, 0.15) is 35.7 Å². The minimum atomic E-state index is 0.0244. The van der Waals surface area contributed by atoms with Gasteiger partial charge >= 0.3 is 0 Å². The van der Waals surface area contributed by atoms with Crippen molar-refractivity contribution >= 4 is 18.5 Å². The number of carbonyl (C=O) groups excluding carboxylic acids is 1. The Bertz CT molecular complexity index is 468. The number of amides is 1. The highest BCUT2D eigenvalue weighted by Gasteiger charge is 2.19. The third-order valence-corrected chi connectivity index (χ3v) is 4.45. The van der Waals surface area contributed by atoms with Gasteiger partial charge in [-0.15, -0.1) is 12.6 Å². The van der Waals surface area contributed by atoms with E-state index in [9.17, 15) is 4.79 Å².